The Kier molecular flexibility index (Phi) is 4.34. The van der Waals surface area contributed by atoms with Gasteiger partial charge >= 0.3 is 0 Å². The van der Waals surface area contributed by atoms with Crippen LogP contribution in [0.25, 0.3) is 16.9 Å². The van der Waals surface area contributed by atoms with Gasteiger partial charge in [0, 0.05) is 18.0 Å². The smallest absolute Gasteiger partial charge is 0.250 e. The van der Waals surface area contributed by atoms with Crippen LogP contribution >= 0.6 is 0 Å². The van der Waals surface area contributed by atoms with Gasteiger partial charge in [-0.05, 0) is 48.4 Å². The summed E-state index contributed by atoms with van der Waals surface area (Å²) in [5.74, 6) is 0.394. The van der Waals surface area contributed by atoms with E-state index in [9.17, 15) is 4.79 Å². The number of pyridine rings is 1. The first-order chi connectivity index (χ1) is 13.1. The van der Waals surface area contributed by atoms with E-state index in [4.69, 9.17) is 10.5 Å². The zero-order chi connectivity index (χ0) is 18.8. The molecular weight excluding hydrogens is 338 g/mol. The molecule has 0 aliphatic heterocycles. The Hall–Kier alpha value is -3.60. The average Bonchev–Trinajstić information content (AvgIpc) is 3.11. The number of hydrogen-bond donors (Lipinski definition) is 1. The number of aromatic nitrogens is 2. The predicted octanol–water partition coefficient (Wildman–Crippen LogP) is 3.99. The number of aryl methyl sites for hydroxylation is 1. The first-order valence-corrected chi connectivity index (χ1v) is 8.66. The molecule has 4 aromatic rings. The Morgan fingerprint density at radius 3 is 2.63 bits per heavy atom. The van der Waals surface area contributed by atoms with Gasteiger partial charge in [0.1, 0.15) is 18.0 Å². The molecule has 0 radical (unpaired) electrons. The number of primary amides is 1. The molecule has 2 N–H and O–H groups in total. The van der Waals surface area contributed by atoms with E-state index in [1.165, 1.54) is 0 Å². The minimum absolute atomic E-state index is 0.451. The summed E-state index contributed by atoms with van der Waals surface area (Å²) in [6.45, 7) is 2.55. The van der Waals surface area contributed by atoms with Gasteiger partial charge in [0.2, 0.25) is 5.91 Å². The highest BCUT2D eigenvalue weighted by Gasteiger charge is 2.09. The number of carbonyl (C=O) groups is 1. The molecule has 0 bridgehead atoms. The zero-order valence-electron chi connectivity index (χ0n) is 14.9. The molecule has 0 unspecified atom stereocenters. The molecule has 134 valence electrons. The van der Waals surface area contributed by atoms with E-state index in [2.05, 4.69) is 11.1 Å². The molecule has 0 atom stereocenters. The summed E-state index contributed by atoms with van der Waals surface area (Å²) in [6.07, 6.45) is 3.58. The number of ether oxygens (including phenoxy) is 1. The highest BCUT2D eigenvalue weighted by Crippen LogP contribution is 2.26. The van der Waals surface area contributed by atoms with Crippen LogP contribution in [0.1, 0.15) is 21.5 Å². The SMILES string of the molecule is Cc1cc(-c2cn3cc(C(N)=O)ccc3n2)ccc1OCc1ccccc1. The maximum atomic E-state index is 11.3. The van der Waals surface area contributed by atoms with Gasteiger partial charge in [-0.15, -0.1) is 0 Å². The van der Waals surface area contributed by atoms with Crippen molar-refractivity contribution in [3.63, 3.8) is 0 Å². The van der Waals surface area contributed by atoms with Crippen molar-refractivity contribution < 1.29 is 9.53 Å². The number of nitrogens with zero attached hydrogens (tertiary/aromatic N) is 2. The fraction of sp³-hybridized carbons (Fsp3) is 0.0909. The third kappa shape index (κ3) is 3.53. The average molecular weight is 357 g/mol. The molecule has 1 amide bonds. The van der Waals surface area contributed by atoms with Gasteiger partial charge in [-0.25, -0.2) is 4.98 Å². The van der Waals surface area contributed by atoms with Crippen molar-refractivity contribution in [2.45, 2.75) is 13.5 Å². The highest BCUT2D eigenvalue weighted by molar-refractivity contribution is 5.92. The number of nitrogens with two attached hydrogens (primary N) is 1. The van der Waals surface area contributed by atoms with E-state index in [1.807, 2.05) is 60.0 Å². The molecule has 0 aliphatic rings. The fourth-order valence-electron chi connectivity index (χ4n) is 2.98. The standard InChI is InChI=1S/C22H19N3O2/c1-15-11-17(7-9-20(15)27-14-16-5-3-2-4-6-16)19-13-25-12-18(22(23)26)8-10-21(25)24-19/h2-13H,14H2,1H3,(H2,23,26). The molecule has 27 heavy (non-hydrogen) atoms. The lowest BCUT2D eigenvalue weighted by Gasteiger charge is -2.10. The van der Waals surface area contributed by atoms with Crippen LogP contribution in [-0.2, 0) is 6.61 Å². The van der Waals surface area contributed by atoms with Crippen molar-refractivity contribution in [1.82, 2.24) is 9.38 Å². The number of benzene rings is 2. The van der Waals surface area contributed by atoms with Gasteiger partial charge in [0.25, 0.3) is 0 Å². The topological polar surface area (TPSA) is 69.6 Å². The first-order valence-electron chi connectivity index (χ1n) is 8.66. The van der Waals surface area contributed by atoms with Crippen molar-refractivity contribution in [2.24, 2.45) is 5.73 Å². The Labute approximate surface area is 157 Å². The lowest BCUT2D eigenvalue weighted by Crippen LogP contribution is -2.11. The second kappa shape index (κ2) is 6.96. The van der Waals surface area contributed by atoms with E-state index in [0.717, 1.165) is 33.8 Å². The van der Waals surface area contributed by atoms with Crippen LogP contribution in [-0.4, -0.2) is 15.3 Å². The molecule has 2 aromatic heterocycles. The zero-order valence-corrected chi connectivity index (χ0v) is 14.9. The number of imidazole rings is 1. The molecule has 2 aromatic carbocycles. The maximum absolute atomic E-state index is 11.3. The van der Waals surface area contributed by atoms with Crippen LogP contribution in [0.15, 0.2) is 73.1 Å². The maximum Gasteiger partial charge on any atom is 0.250 e. The van der Waals surface area contributed by atoms with Gasteiger partial charge in [0.15, 0.2) is 0 Å². The van der Waals surface area contributed by atoms with Crippen LogP contribution in [0.3, 0.4) is 0 Å². The van der Waals surface area contributed by atoms with E-state index < -0.39 is 5.91 Å². The number of rotatable bonds is 5. The predicted molar refractivity (Wildman–Crippen MR) is 105 cm³/mol. The van der Waals surface area contributed by atoms with Gasteiger partial charge in [-0.3, -0.25) is 4.79 Å². The molecule has 0 fully saturated rings. The minimum Gasteiger partial charge on any atom is -0.489 e. The quantitative estimate of drug-likeness (QED) is 0.587. The Bertz CT molecular complexity index is 1120. The number of fused-ring (bicyclic) bond motifs is 1. The van der Waals surface area contributed by atoms with Crippen molar-refractivity contribution in [3.8, 4) is 17.0 Å². The summed E-state index contributed by atoms with van der Waals surface area (Å²) in [4.78, 5) is 16.0. The molecule has 4 rings (SSSR count). The van der Waals surface area contributed by atoms with Crippen molar-refractivity contribution in [3.05, 3.63) is 89.7 Å². The van der Waals surface area contributed by atoms with Crippen LogP contribution < -0.4 is 10.5 Å². The van der Waals surface area contributed by atoms with E-state index in [-0.39, 0.29) is 0 Å². The first kappa shape index (κ1) is 16.8. The second-order valence-corrected chi connectivity index (χ2v) is 6.43. The summed E-state index contributed by atoms with van der Waals surface area (Å²) >= 11 is 0. The molecular formula is C22H19N3O2. The van der Waals surface area contributed by atoms with Crippen molar-refractivity contribution in [2.75, 3.05) is 0 Å². The van der Waals surface area contributed by atoms with Crippen LogP contribution in [0, 0.1) is 6.92 Å². The Morgan fingerprint density at radius 1 is 1.07 bits per heavy atom. The lowest BCUT2D eigenvalue weighted by molar-refractivity contribution is 0.1000. The number of carbonyl (C=O) groups excluding carboxylic acids is 1. The highest BCUT2D eigenvalue weighted by atomic mass is 16.5. The number of amides is 1. The third-order valence-corrected chi connectivity index (χ3v) is 4.44. The van der Waals surface area contributed by atoms with Crippen LogP contribution in [0.2, 0.25) is 0 Å². The normalized spacial score (nSPS) is 10.9. The molecule has 0 aliphatic carbocycles. The van der Waals surface area contributed by atoms with Gasteiger partial charge in [-0.1, -0.05) is 30.3 Å². The van der Waals surface area contributed by atoms with Crippen LogP contribution in [0.4, 0.5) is 0 Å². The largest absolute Gasteiger partial charge is 0.489 e. The summed E-state index contributed by atoms with van der Waals surface area (Å²) in [7, 11) is 0. The minimum atomic E-state index is -0.456. The third-order valence-electron chi connectivity index (χ3n) is 4.44. The van der Waals surface area contributed by atoms with Crippen LogP contribution in [0.5, 0.6) is 5.75 Å². The second-order valence-electron chi connectivity index (χ2n) is 6.43. The molecule has 0 saturated carbocycles. The molecule has 0 saturated heterocycles. The Balaban J connectivity index is 1.58. The van der Waals surface area contributed by atoms with E-state index >= 15 is 0 Å². The van der Waals surface area contributed by atoms with Crippen molar-refractivity contribution in [1.29, 1.82) is 0 Å². The number of hydrogen-bond acceptors (Lipinski definition) is 3. The summed E-state index contributed by atoms with van der Waals surface area (Å²) in [5, 5.41) is 0. The Morgan fingerprint density at radius 2 is 1.89 bits per heavy atom. The van der Waals surface area contributed by atoms with Gasteiger partial charge in [0.05, 0.1) is 11.3 Å². The van der Waals surface area contributed by atoms with Crippen molar-refractivity contribution >= 4 is 11.6 Å². The van der Waals surface area contributed by atoms with Gasteiger partial charge in [-0.2, -0.15) is 0 Å². The molecule has 0 spiro atoms. The molecule has 2 heterocycles. The molecule has 5 heteroatoms. The summed E-state index contributed by atoms with van der Waals surface area (Å²) in [5.41, 5.74) is 10.5. The van der Waals surface area contributed by atoms with E-state index in [0.29, 0.717) is 12.2 Å². The summed E-state index contributed by atoms with van der Waals surface area (Å²) in [6, 6.07) is 19.6. The lowest BCUT2D eigenvalue weighted by atomic mass is 10.1. The monoisotopic (exact) mass is 357 g/mol. The van der Waals surface area contributed by atoms with E-state index in [1.54, 1.807) is 18.3 Å². The van der Waals surface area contributed by atoms with Gasteiger partial charge < -0.3 is 14.9 Å². The summed E-state index contributed by atoms with van der Waals surface area (Å²) < 4.78 is 7.75. The molecule has 5 nitrogen and oxygen atoms in total. The fourth-order valence-corrected chi connectivity index (χ4v) is 2.98.